The third-order valence-electron chi connectivity index (χ3n) is 5.40. The molecule has 1 aliphatic rings. The van der Waals surface area contributed by atoms with Gasteiger partial charge in [0.25, 0.3) is 0 Å². The van der Waals surface area contributed by atoms with E-state index in [9.17, 15) is 23.1 Å². The van der Waals surface area contributed by atoms with Crippen molar-refractivity contribution >= 4 is 17.4 Å². The largest absolute Gasteiger partial charge is 0.573 e. The first kappa shape index (κ1) is 23.6. The lowest BCUT2D eigenvalue weighted by molar-refractivity contribution is -0.274. The van der Waals surface area contributed by atoms with Crippen molar-refractivity contribution in [3.8, 4) is 5.75 Å². The van der Waals surface area contributed by atoms with Crippen LogP contribution < -0.4 is 4.74 Å². The van der Waals surface area contributed by atoms with Crippen LogP contribution in [0, 0.1) is 5.92 Å². The molecule has 0 aromatic heterocycles. The molecule has 0 radical (unpaired) electrons. The Balaban J connectivity index is 1.65. The minimum absolute atomic E-state index is 0.0795. The zero-order chi connectivity index (χ0) is 22.4. The number of alkyl halides is 3. The summed E-state index contributed by atoms with van der Waals surface area (Å²) < 4.78 is 40.7. The molecule has 0 unspecified atom stereocenters. The summed E-state index contributed by atoms with van der Waals surface area (Å²) in [7, 11) is 0. The molecule has 0 bridgehead atoms. The molecule has 2 atom stereocenters. The summed E-state index contributed by atoms with van der Waals surface area (Å²) in [6, 6.07) is 12.2. The molecule has 0 amide bonds. The lowest BCUT2D eigenvalue weighted by Gasteiger charge is -2.27. The average molecular weight is 456 g/mol. The number of rotatable bonds is 9. The Kier molecular flexibility index (Phi) is 7.97. The van der Waals surface area contributed by atoms with Crippen molar-refractivity contribution in [2.45, 2.75) is 38.1 Å². The zero-order valence-electron chi connectivity index (χ0n) is 16.9. The van der Waals surface area contributed by atoms with Crippen LogP contribution in [0.2, 0.25) is 5.02 Å². The second-order valence-corrected chi connectivity index (χ2v) is 8.31. The van der Waals surface area contributed by atoms with E-state index in [-0.39, 0.29) is 30.3 Å². The summed E-state index contributed by atoms with van der Waals surface area (Å²) in [6.45, 7) is 2.49. The number of ether oxygens (including phenoxy) is 1. The van der Waals surface area contributed by atoms with Gasteiger partial charge in [0.2, 0.25) is 0 Å². The van der Waals surface area contributed by atoms with Crippen LogP contribution in [-0.4, -0.2) is 41.8 Å². The van der Waals surface area contributed by atoms with E-state index in [1.54, 1.807) is 24.3 Å². The highest BCUT2D eigenvalue weighted by Gasteiger charge is 2.31. The molecular weight excluding hydrogens is 431 g/mol. The Hall–Kier alpha value is -2.09. The molecule has 1 saturated heterocycles. The van der Waals surface area contributed by atoms with Crippen LogP contribution in [0.3, 0.4) is 0 Å². The Morgan fingerprint density at radius 3 is 2.26 bits per heavy atom. The minimum Gasteiger partial charge on any atom is -0.406 e. The molecule has 1 heterocycles. The zero-order valence-corrected chi connectivity index (χ0v) is 17.7. The van der Waals surface area contributed by atoms with E-state index in [1.165, 1.54) is 24.3 Å². The van der Waals surface area contributed by atoms with E-state index in [2.05, 4.69) is 9.64 Å². The molecule has 2 aromatic rings. The predicted molar refractivity (Wildman–Crippen MR) is 112 cm³/mol. The molecule has 31 heavy (non-hydrogen) atoms. The van der Waals surface area contributed by atoms with Crippen LogP contribution in [0.25, 0.3) is 0 Å². The van der Waals surface area contributed by atoms with E-state index < -0.39 is 12.5 Å². The van der Waals surface area contributed by atoms with Gasteiger partial charge >= 0.3 is 6.36 Å². The first-order valence-corrected chi connectivity index (χ1v) is 10.6. The maximum absolute atomic E-state index is 12.7. The number of hydrogen-bond donors (Lipinski definition) is 1. The maximum atomic E-state index is 12.7. The van der Waals surface area contributed by atoms with Crippen molar-refractivity contribution in [1.82, 2.24) is 4.90 Å². The number of nitrogens with zero attached hydrogens (tertiary/aromatic N) is 1. The number of likely N-dealkylation sites (tertiary alicyclic amines) is 1. The number of Topliss-reactive ketones (excluding diaryl/α,β-unsaturated/α-hetero) is 1. The van der Waals surface area contributed by atoms with Gasteiger partial charge < -0.3 is 14.7 Å². The van der Waals surface area contributed by atoms with Crippen LogP contribution >= 0.6 is 11.6 Å². The summed E-state index contributed by atoms with van der Waals surface area (Å²) >= 11 is 5.94. The highest BCUT2D eigenvalue weighted by atomic mass is 35.5. The molecule has 1 fully saturated rings. The van der Waals surface area contributed by atoms with Crippen molar-refractivity contribution in [3.05, 3.63) is 64.7 Å². The number of benzene rings is 2. The van der Waals surface area contributed by atoms with Gasteiger partial charge in [-0.05, 0) is 61.3 Å². The Labute approximate surface area is 184 Å². The van der Waals surface area contributed by atoms with Crippen LogP contribution in [0.1, 0.15) is 36.5 Å². The van der Waals surface area contributed by atoms with Gasteiger partial charge in [-0.25, -0.2) is 0 Å². The number of ketones is 1. The maximum Gasteiger partial charge on any atom is 0.573 e. The Bertz CT molecular complexity index is 850. The number of carbonyl (C=O) groups is 1. The van der Waals surface area contributed by atoms with E-state index in [1.807, 2.05) is 0 Å². The second-order valence-electron chi connectivity index (χ2n) is 7.88. The van der Waals surface area contributed by atoms with E-state index in [0.717, 1.165) is 25.9 Å². The normalized spacial score (nSPS) is 16.8. The topological polar surface area (TPSA) is 49.8 Å². The monoisotopic (exact) mass is 455 g/mol. The number of halogens is 4. The number of carbonyl (C=O) groups excluding carboxylic acids is 1. The number of aliphatic hydroxyl groups is 1. The van der Waals surface area contributed by atoms with Crippen molar-refractivity contribution in [3.63, 3.8) is 0 Å². The van der Waals surface area contributed by atoms with Gasteiger partial charge in [0.15, 0.2) is 0 Å². The Morgan fingerprint density at radius 2 is 1.68 bits per heavy atom. The van der Waals surface area contributed by atoms with Crippen molar-refractivity contribution in [2.24, 2.45) is 5.92 Å². The smallest absolute Gasteiger partial charge is 0.406 e. The lowest BCUT2D eigenvalue weighted by atomic mass is 9.89. The molecule has 4 nitrogen and oxygen atoms in total. The fourth-order valence-corrected chi connectivity index (χ4v) is 4.03. The molecule has 168 valence electrons. The van der Waals surface area contributed by atoms with E-state index in [4.69, 9.17) is 11.6 Å². The Morgan fingerprint density at radius 1 is 1.06 bits per heavy atom. The fraction of sp³-hybridized carbons (Fsp3) is 0.435. The summed E-state index contributed by atoms with van der Waals surface area (Å²) in [5.74, 6) is -0.699. The summed E-state index contributed by atoms with van der Waals surface area (Å²) in [4.78, 5) is 15.0. The molecule has 8 heteroatoms. The van der Waals surface area contributed by atoms with Gasteiger partial charge in [0.1, 0.15) is 11.5 Å². The van der Waals surface area contributed by atoms with Gasteiger partial charge in [-0.2, -0.15) is 0 Å². The molecule has 2 aromatic carbocycles. The SMILES string of the molecule is O=C(Cc1ccc(OC(F)(F)F)cc1)C[C@H](CN1CCCC1)[C@H](O)c1ccc(Cl)cc1. The minimum atomic E-state index is -4.75. The molecule has 0 aliphatic carbocycles. The molecule has 1 N–H and O–H groups in total. The molecule has 0 spiro atoms. The van der Waals surface area contributed by atoms with E-state index >= 15 is 0 Å². The van der Waals surface area contributed by atoms with Crippen molar-refractivity contribution in [2.75, 3.05) is 19.6 Å². The van der Waals surface area contributed by atoms with E-state index in [0.29, 0.717) is 22.7 Å². The standard InChI is InChI=1S/C23H25ClF3NO3/c24-19-7-5-17(6-8-19)22(30)18(15-28-11-1-2-12-28)14-20(29)13-16-3-9-21(10-4-16)31-23(25,26)27/h3-10,18,22,30H,1-2,11-15H2/t18-,22-/m1/s1. The average Bonchev–Trinajstić information content (AvgIpc) is 3.21. The highest BCUT2D eigenvalue weighted by Crippen LogP contribution is 2.29. The summed E-state index contributed by atoms with van der Waals surface area (Å²) in [6.07, 6.45) is -3.12. The molecule has 3 rings (SSSR count). The van der Waals surface area contributed by atoms with Gasteiger partial charge in [-0.15, -0.1) is 13.2 Å². The summed E-state index contributed by atoms with van der Waals surface area (Å²) in [5, 5.41) is 11.5. The quantitative estimate of drug-likeness (QED) is 0.565. The third kappa shape index (κ3) is 7.52. The van der Waals surface area contributed by atoms with Crippen LogP contribution in [0.15, 0.2) is 48.5 Å². The summed E-state index contributed by atoms with van der Waals surface area (Å²) in [5.41, 5.74) is 1.30. The lowest BCUT2D eigenvalue weighted by Crippen LogP contribution is -2.32. The predicted octanol–water partition coefficient (Wildman–Crippen LogP) is 5.19. The first-order valence-electron chi connectivity index (χ1n) is 10.2. The number of hydrogen-bond acceptors (Lipinski definition) is 4. The van der Waals surface area contributed by atoms with Gasteiger partial charge in [0.05, 0.1) is 6.10 Å². The first-order chi connectivity index (χ1) is 14.7. The fourth-order valence-electron chi connectivity index (χ4n) is 3.91. The molecular formula is C23H25ClF3NO3. The molecule has 0 saturated carbocycles. The number of aliphatic hydroxyl groups excluding tert-OH is 1. The van der Waals surface area contributed by atoms with Crippen LogP contribution in [-0.2, 0) is 11.2 Å². The van der Waals surface area contributed by atoms with Gasteiger partial charge in [-0.1, -0.05) is 35.9 Å². The van der Waals surface area contributed by atoms with Gasteiger partial charge in [0, 0.05) is 30.3 Å². The van der Waals surface area contributed by atoms with Crippen molar-refractivity contribution < 1.29 is 27.8 Å². The highest BCUT2D eigenvalue weighted by molar-refractivity contribution is 6.30. The van der Waals surface area contributed by atoms with Crippen LogP contribution in [0.4, 0.5) is 13.2 Å². The second kappa shape index (κ2) is 10.5. The third-order valence-corrected chi connectivity index (χ3v) is 5.65. The van der Waals surface area contributed by atoms with Crippen LogP contribution in [0.5, 0.6) is 5.75 Å². The van der Waals surface area contributed by atoms with Crippen molar-refractivity contribution in [1.29, 1.82) is 0 Å². The molecule has 1 aliphatic heterocycles. The van der Waals surface area contributed by atoms with Gasteiger partial charge in [-0.3, -0.25) is 4.79 Å².